The van der Waals surface area contributed by atoms with Crippen molar-refractivity contribution in [3.05, 3.63) is 86.3 Å². The van der Waals surface area contributed by atoms with Crippen molar-refractivity contribution in [2.24, 2.45) is 0 Å². The highest BCUT2D eigenvalue weighted by Gasteiger charge is 2.16. The van der Waals surface area contributed by atoms with Gasteiger partial charge in [-0.25, -0.2) is 0 Å². The van der Waals surface area contributed by atoms with Crippen LogP contribution in [0.1, 0.15) is 17.3 Å². The van der Waals surface area contributed by atoms with Gasteiger partial charge in [0.15, 0.2) is 0 Å². The number of hydrogen-bond acceptors (Lipinski definition) is 3. The monoisotopic (exact) mass is 512 g/mol. The summed E-state index contributed by atoms with van der Waals surface area (Å²) in [5.41, 5.74) is 1.43. The molecule has 3 aromatic carbocycles. The minimum Gasteiger partial charge on any atom is -0.324 e. The average molecular weight is 514 g/mol. The fraction of sp³-hybridized carbons (Fsp3) is 0.0909. The van der Waals surface area contributed by atoms with Gasteiger partial charge in [-0.3, -0.25) is 9.59 Å². The molecular weight excluding hydrogens is 498 g/mol. The number of carbonyl (C=O) groups is 2. The highest BCUT2D eigenvalue weighted by atomic mass is 35.5. The van der Waals surface area contributed by atoms with Crippen molar-refractivity contribution in [3.63, 3.8) is 0 Å². The molecule has 0 aliphatic rings. The van der Waals surface area contributed by atoms with E-state index in [9.17, 15) is 9.59 Å². The summed E-state index contributed by atoms with van der Waals surface area (Å²) < 4.78 is 0. The summed E-state index contributed by atoms with van der Waals surface area (Å²) in [5.74, 6) is -0.529. The van der Waals surface area contributed by atoms with Gasteiger partial charge in [0.05, 0.1) is 26.5 Å². The Morgan fingerprint density at radius 2 is 1.42 bits per heavy atom. The molecule has 0 saturated carbocycles. The molecule has 0 spiro atoms. The Morgan fingerprint density at radius 3 is 2.03 bits per heavy atom. The van der Waals surface area contributed by atoms with Crippen LogP contribution in [0.2, 0.25) is 20.1 Å². The molecule has 0 fully saturated rings. The number of nitrogens with one attached hydrogen (secondary N) is 2. The van der Waals surface area contributed by atoms with E-state index >= 15 is 0 Å². The zero-order valence-electron chi connectivity index (χ0n) is 16.1. The van der Waals surface area contributed by atoms with E-state index in [0.29, 0.717) is 32.0 Å². The van der Waals surface area contributed by atoms with E-state index in [1.807, 2.05) is 12.1 Å². The van der Waals surface area contributed by atoms with Gasteiger partial charge in [0.1, 0.15) is 0 Å². The maximum atomic E-state index is 12.5. The van der Waals surface area contributed by atoms with Crippen molar-refractivity contribution >= 4 is 81.4 Å². The molecule has 0 saturated heterocycles. The summed E-state index contributed by atoms with van der Waals surface area (Å²) in [5, 5.41) is 6.81. The van der Waals surface area contributed by atoms with Crippen LogP contribution in [0, 0.1) is 0 Å². The van der Waals surface area contributed by atoms with Crippen LogP contribution in [0.5, 0.6) is 0 Å². The largest absolute Gasteiger partial charge is 0.324 e. The molecule has 9 heteroatoms. The standard InChI is InChI=1S/C22H16Cl4N2O2S/c1-12(21(29)28-20-9-3-14(24)11-19(20)26)31-16-6-4-15(5-7-16)27-22(30)17-8-2-13(23)10-18(17)25/h2-12H,1H3,(H,27,30)(H,28,29). The molecule has 1 atom stereocenters. The number of halogens is 4. The van der Waals surface area contributed by atoms with E-state index in [1.54, 1.807) is 49.4 Å². The molecule has 4 nitrogen and oxygen atoms in total. The first kappa shape index (κ1) is 23.8. The van der Waals surface area contributed by atoms with Gasteiger partial charge in [-0.05, 0) is 67.6 Å². The molecule has 1 unspecified atom stereocenters. The number of carbonyl (C=O) groups excluding carboxylic acids is 2. The Morgan fingerprint density at radius 1 is 0.806 bits per heavy atom. The van der Waals surface area contributed by atoms with Gasteiger partial charge in [0, 0.05) is 20.6 Å². The topological polar surface area (TPSA) is 58.2 Å². The number of benzene rings is 3. The molecule has 3 aromatic rings. The van der Waals surface area contributed by atoms with Gasteiger partial charge in [-0.15, -0.1) is 11.8 Å². The van der Waals surface area contributed by atoms with Crippen molar-refractivity contribution in [3.8, 4) is 0 Å². The van der Waals surface area contributed by atoms with Gasteiger partial charge in [0.2, 0.25) is 5.91 Å². The zero-order valence-corrected chi connectivity index (χ0v) is 19.9. The first-order valence-electron chi connectivity index (χ1n) is 9.02. The molecule has 0 aliphatic carbocycles. The zero-order chi connectivity index (χ0) is 22.5. The molecule has 0 bridgehead atoms. The van der Waals surface area contributed by atoms with Gasteiger partial charge in [-0.2, -0.15) is 0 Å². The van der Waals surface area contributed by atoms with Crippen LogP contribution in [-0.4, -0.2) is 17.1 Å². The normalized spacial score (nSPS) is 11.6. The highest BCUT2D eigenvalue weighted by Crippen LogP contribution is 2.29. The summed E-state index contributed by atoms with van der Waals surface area (Å²) in [4.78, 5) is 25.7. The Labute approximate surface area is 204 Å². The number of anilines is 2. The third-order valence-corrected chi connectivity index (χ3v) is 6.37. The molecular formula is C22H16Cl4N2O2S. The third kappa shape index (κ3) is 6.55. The van der Waals surface area contributed by atoms with Crippen molar-refractivity contribution < 1.29 is 9.59 Å². The second-order valence-corrected chi connectivity index (χ2v) is 9.58. The van der Waals surface area contributed by atoms with E-state index < -0.39 is 0 Å². The lowest BCUT2D eigenvalue weighted by Gasteiger charge is -2.13. The van der Waals surface area contributed by atoms with Crippen molar-refractivity contribution in [2.75, 3.05) is 10.6 Å². The second kappa shape index (κ2) is 10.6. The van der Waals surface area contributed by atoms with Crippen LogP contribution in [0.25, 0.3) is 0 Å². The Bertz CT molecular complexity index is 1120. The minimum absolute atomic E-state index is 0.191. The number of rotatable bonds is 6. The van der Waals surface area contributed by atoms with Crippen LogP contribution >= 0.6 is 58.2 Å². The minimum atomic E-state index is -0.375. The highest BCUT2D eigenvalue weighted by molar-refractivity contribution is 8.00. The first-order chi connectivity index (χ1) is 14.7. The predicted molar refractivity (Wildman–Crippen MR) is 131 cm³/mol. The van der Waals surface area contributed by atoms with Crippen molar-refractivity contribution in [1.82, 2.24) is 0 Å². The van der Waals surface area contributed by atoms with Crippen LogP contribution in [0.3, 0.4) is 0 Å². The lowest BCUT2D eigenvalue weighted by atomic mass is 10.2. The summed E-state index contributed by atoms with van der Waals surface area (Å²) in [6, 6.07) is 16.7. The first-order valence-corrected chi connectivity index (χ1v) is 11.4. The number of thioether (sulfide) groups is 1. The Balaban J connectivity index is 1.59. The Kier molecular flexibility index (Phi) is 8.14. The molecule has 31 heavy (non-hydrogen) atoms. The summed E-state index contributed by atoms with van der Waals surface area (Å²) in [6.45, 7) is 1.79. The summed E-state index contributed by atoms with van der Waals surface area (Å²) >= 11 is 25.3. The van der Waals surface area contributed by atoms with E-state index in [-0.39, 0.29) is 22.1 Å². The molecule has 3 rings (SSSR count). The molecule has 0 heterocycles. The summed E-state index contributed by atoms with van der Waals surface area (Å²) in [6.07, 6.45) is 0. The molecule has 2 amide bonds. The van der Waals surface area contributed by atoms with Gasteiger partial charge in [-0.1, -0.05) is 46.4 Å². The molecule has 160 valence electrons. The SMILES string of the molecule is CC(Sc1ccc(NC(=O)c2ccc(Cl)cc2Cl)cc1)C(=O)Nc1ccc(Cl)cc1Cl. The smallest absolute Gasteiger partial charge is 0.257 e. The second-order valence-electron chi connectivity index (χ2n) is 6.48. The lowest BCUT2D eigenvalue weighted by Crippen LogP contribution is -2.22. The summed E-state index contributed by atoms with van der Waals surface area (Å²) in [7, 11) is 0. The lowest BCUT2D eigenvalue weighted by molar-refractivity contribution is -0.115. The fourth-order valence-corrected chi connectivity index (χ4v) is 4.39. The number of hydrogen-bond donors (Lipinski definition) is 2. The van der Waals surface area contributed by atoms with E-state index in [4.69, 9.17) is 46.4 Å². The fourth-order valence-electron chi connectivity index (χ4n) is 2.57. The van der Waals surface area contributed by atoms with Gasteiger partial charge in [0.25, 0.3) is 5.91 Å². The van der Waals surface area contributed by atoms with Gasteiger partial charge >= 0.3 is 0 Å². The van der Waals surface area contributed by atoms with Crippen molar-refractivity contribution in [1.29, 1.82) is 0 Å². The molecule has 0 radical (unpaired) electrons. The molecule has 2 N–H and O–H groups in total. The van der Waals surface area contributed by atoms with Crippen molar-refractivity contribution in [2.45, 2.75) is 17.1 Å². The van der Waals surface area contributed by atoms with Crippen LogP contribution in [-0.2, 0) is 4.79 Å². The van der Waals surface area contributed by atoms with Crippen LogP contribution in [0.4, 0.5) is 11.4 Å². The quantitative estimate of drug-likeness (QED) is 0.332. The maximum absolute atomic E-state index is 12.5. The number of amides is 2. The maximum Gasteiger partial charge on any atom is 0.257 e. The predicted octanol–water partition coefficient (Wildman–Crippen LogP) is 7.67. The van der Waals surface area contributed by atoms with Crippen LogP contribution in [0.15, 0.2) is 65.6 Å². The molecule has 0 aromatic heterocycles. The van der Waals surface area contributed by atoms with Crippen LogP contribution < -0.4 is 10.6 Å². The Hall–Kier alpha value is -1.89. The van der Waals surface area contributed by atoms with E-state index in [2.05, 4.69) is 10.6 Å². The van der Waals surface area contributed by atoms with Gasteiger partial charge < -0.3 is 10.6 Å². The average Bonchev–Trinajstić information content (AvgIpc) is 2.71. The molecule has 0 aliphatic heterocycles. The third-order valence-electron chi connectivity index (χ3n) is 4.16. The van der Waals surface area contributed by atoms with E-state index in [0.717, 1.165) is 4.90 Å². The van der Waals surface area contributed by atoms with E-state index in [1.165, 1.54) is 17.8 Å².